The lowest BCUT2D eigenvalue weighted by molar-refractivity contribution is 0.410. The molecule has 0 amide bonds. The van der Waals surface area contributed by atoms with Gasteiger partial charge in [-0.1, -0.05) is 18.2 Å². The second-order valence-electron chi connectivity index (χ2n) is 4.14. The lowest BCUT2D eigenvalue weighted by Gasteiger charge is -2.10. The molecule has 4 heteroatoms. The molecule has 2 rings (SSSR count). The van der Waals surface area contributed by atoms with Crippen LogP contribution in [0.5, 0.6) is 5.75 Å². The van der Waals surface area contributed by atoms with Crippen LogP contribution in [0.1, 0.15) is 17.0 Å². The van der Waals surface area contributed by atoms with Gasteiger partial charge in [-0.05, 0) is 26.0 Å². The van der Waals surface area contributed by atoms with E-state index in [1.165, 1.54) is 0 Å². The second-order valence-corrected chi connectivity index (χ2v) is 4.14. The zero-order chi connectivity index (χ0) is 13.0. The number of ether oxygens (including phenoxy) is 1. The number of rotatable bonds is 4. The van der Waals surface area contributed by atoms with Crippen molar-refractivity contribution in [1.29, 1.82) is 0 Å². The Bertz CT molecular complexity index is 520. The maximum Gasteiger partial charge on any atom is 0.223 e. The van der Waals surface area contributed by atoms with Gasteiger partial charge in [0.1, 0.15) is 5.75 Å². The minimum Gasteiger partial charge on any atom is -0.496 e. The first-order chi connectivity index (χ1) is 8.69. The molecule has 0 atom stereocenters. The van der Waals surface area contributed by atoms with Gasteiger partial charge >= 0.3 is 0 Å². The Balaban J connectivity index is 2.11. The van der Waals surface area contributed by atoms with Gasteiger partial charge in [0, 0.05) is 23.5 Å². The number of anilines is 1. The van der Waals surface area contributed by atoms with E-state index in [1.54, 1.807) is 7.11 Å². The van der Waals surface area contributed by atoms with Crippen molar-refractivity contribution in [3.8, 4) is 5.75 Å². The number of nitrogens with one attached hydrogen (secondary N) is 1. The molecule has 0 spiro atoms. The third-order valence-electron chi connectivity index (χ3n) is 2.61. The monoisotopic (exact) mass is 243 g/mol. The Morgan fingerprint density at radius 1 is 1.11 bits per heavy atom. The summed E-state index contributed by atoms with van der Waals surface area (Å²) in [5.41, 5.74) is 3.01. The summed E-state index contributed by atoms with van der Waals surface area (Å²) in [4.78, 5) is 8.68. The number of benzene rings is 1. The molecule has 2 aromatic rings. The normalized spacial score (nSPS) is 10.2. The lowest BCUT2D eigenvalue weighted by atomic mass is 10.2. The average Bonchev–Trinajstić information content (AvgIpc) is 2.35. The van der Waals surface area contributed by atoms with Crippen LogP contribution in [-0.2, 0) is 6.54 Å². The van der Waals surface area contributed by atoms with Gasteiger partial charge in [0.05, 0.1) is 7.11 Å². The standard InChI is InChI=1S/C14H17N3O/c1-10-8-11(2)17-14(16-10)15-9-12-6-4-5-7-13(12)18-3/h4-8H,9H2,1-3H3,(H,15,16,17). The Morgan fingerprint density at radius 2 is 1.78 bits per heavy atom. The molecule has 1 N–H and O–H groups in total. The van der Waals surface area contributed by atoms with Crippen LogP contribution in [0, 0.1) is 13.8 Å². The number of methoxy groups -OCH3 is 1. The van der Waals surface area contributed by atoms with Gasteiger partial charge < -0.3 is 10.1 Å². The van der Waals surface area contributed by atoms with Crippen LogP contribution in [0.15, 0.2) is 30.3 Å². The summed E-state index contributed by atoms with van der Waals surface area (Å²) >= 11 is 0. The molecule has 1 aromatic carbocycles. The van der Waals surface area contributed by atoms with Crippen LogP contribution in [-0.4, -0.2) is 17.1 Å². The van der Waals surface area contributed by atoms with Crippen LogP contribution < -0.4 is 10.1 Å². The van der Waals surface area contributed by atoms with Gasteiger partial charge in [-0.3, -0.25) is 0 Å². The first-order valence-electron chi connectivity index (χ1n) is 5.87. The molecule has 1 aromatic heterocycles. The number of nitrogens with zero attached hydrogens (tertiary/aromatic N) is 2. The number of aryl methyl sites for hydroxylation is 2. The van der Waals surface area contributed by atoms with Gasteiger partial charge in [-0.2, -0.15) is 0 Å². The van der Waals surface area contributed by atoms with Crippen molar-refractivity contribution in [3.05, 3.63) is 47.3 Å². The molecule has 0 saturated heterocycles. The fourth-order valence-corrected chi connectivity index (χ4v) is 1.83. The van der Waals surface area contributed by atoms with E-state index in [0.717, 1.165) is 22.7 Å². The first-order valence-corrected chi connectivity index (χ1v) is 5.87. The molecule has 4 nitrogen and oxygen atoms in total. The number of para-hydroxylation sites is 1. The zero-order valence-corrected chi connectivity index (χ0v) is 10.9. The molecule has 0 saturated carbocycles. The van der Waals surface area contributed by atoms with Crippen LogP contribution in [0.4, 0.5) is 5.95 Å². The van der Waals surface area contributed by atoms with Crippen molar-refractivity contribution in [2.75, 3.05) is 12.4 Å². The Kier molecular flexibility index (Phi) is 3.77. The van der Waals surface area contributed by atoms with E-state index in [9.17, 15) is 0 Å². The molecule has 0 aliphatic heterocycles. The van der Waals surface area contributed by atoms with Crippen molar-refractivity contribution in [2.45, 2.75) is 20.4 Å². The smallest absolute Gasteiger partial charge is 0.223 e. The van der Waals surface area contributed by atoms with E-state index in [-0.39, 0.29) is 0 Å². The van der Waals surface area contributed by atoms with E-state index in [0.29, 0.717) is 12.5 Å². The van der Waals surface area contributed by atoms with E-state index in [1.807, 2.05) is 44.2 Å². The lowest BCUT2D eigenvalue weighted by Crippen LogP contribution is -2.06. The summed E-state index contributed by atoms with van der Waals surface area (Å²) in [5.74, 6) is 1.52. The molecular formula is C14H17N3O. The second kappa shape index (κ2) is 5.49. The summed E-state index contributed by atoms with van der Waals surface area (Å²) in [7, 11) is 1.67. The number of aromatic nitrogens is 2. The summed E-state index contributed by atoms with van der Waals surface area (Å²) < 4.78 is 5.30. The summed E-state index contributed by atoms with van der Waals surface area (Å²) in [5, 5.41) is 3.22. The summed E-state index contributed by atoms with van der Waals surface area (Å²) in [6.07, 6.45) is 0. The molecule has 1 heterocycles. The maximum absolute atomic E-state index is 5.30. The van der Waals surface area contributed by atoms with Crippen molar-refractivity contribution < 1.29 is 4.74 Å². The minimum absolute atomic E-state index is 0.646. The third kappa shape index (κ3) is 2.97. The van der Waals surface area contributed by atoms with Gasteiger partial charge in [-0.25, -0.2) is 9.97 Å². The van der Waals surface area contributed by atoms with Gasteiger partial charge in [0.2, 0.25) is 5.95 Å². The van der Waals surface area contributed by atoms with Crippen molar-refractivity contribution >= 4 is 5.95 Å². The molecule has 18 heavy (non-hydrogen) atoms. The van der Waals surface area contributed by atoms with Crippen LogP contribution in [0.3, 0.4) is 0 Å². The predicted molar refractivity (Wildman–Crippen MR) is 71.8 cm³/mol. The summed E-state index contributed by atoms with van der Waals surface area (Å²) in [6.45, 7) is 4.57. The zero-order valence-electron chi connectivity index (χ0n) is 10.9. The third-order valence-corrected chi connectivity index (χ3v) is 2.61. The predicted octanol–water partition coefficient (Wildman–Crippen LogP) is 2.71. The number of hydrogen-bond acceptors (Lipinski definition) is 4. The van der Waals surface area contributed by atoms with Gasteiger partial charge in [-0.15, -0.1) is 0 Å². The minimum atomic E-state index is 0.646. The highest BCUT2D eigenvalue weighted by atomic mass is 16.5. The molecule has 0 radical (unpaired) electrons. The van der Waals surface area contributed by atoms with E-state index in [2.05, 4.69) is 15.3 Å². The van der Waals surface area contributed by atoms with Gasteiger partial charge in [0.15, 0.2) is 0 Å². The first kappa shape index (κ1) is 12.4. The molecule has 94 valence electrons. The average molecular weight is 243 g/mol. The highest BCUT2D eigenvalue weighted by molar-refractivity contribution is 5.37. The van der Waals surface area contributed by atoms with Gasteiger partial charge in [0.25, 0.3) is 0 Å². The maximum atomic E-state index is 5.30. The van der Waals surface area contributed by atoms with Crippen molar-refractivity contribution in [3.63, 3.8) is 0 Å². The Morgan fingerprint density at radius 3 is 2.44 bits per heavy atom. The highest BCUT2D eigenvalue weighted by Gasteiger charge is 2.03. The Labute approximate surface area is 107 Å². The molecule has 0 fully saturated rings. The van der Waals surface area contributed by atoms with Crippen LogP contribution >= 0.6 is 0 Å². The Hall–Kier alpha value is -2.10. The highest BCUT2D eigenvalue weighted by Crippen LogP contribution is 2.18. The quantitative estimate of drug-likeness (QED) is 0.897. The van der Waals surface area contributed by atoms with Crippen molar-refractivity contribution in [2.24, 2.45) is 0 Å². The molecule has 0 unspecified atom stereocenters. The van der Waals surface area contributed by atoms with E-state index >= 15 is 0 Å². The largest absolute Gasteiger partial charge is 0.496 e. The number of hydrogen-bond donors (Lipinski definition) is 1. The van der Waals surface area contributed by atoms with Crippen LogP contribution in [0.2, 0.25) is 0 Å². The molecular weight excluding hydrogens is 226 g/mol. The molecule has 0 aliphatic rings. The molecule has 0 bridgehead atoms. The topological polar surface area (TPSA) is 47.0 Å². The van der Waals surface area contributed by atoms with E-state index < -0.39 is 0 Å². The fraction of sp³-hybridized carbons (Fsp3) is 0.286. The summed E-state index contributed by atoms with van der Waals surface area (Å²) in [6, 6.07) is 9.86. The SMILES string of the molecule is COc1ccccc1CNc1nc(C)cc(C)n1. The molecule has 0 aliphatic carbocycles. The van der Waals surface area contributed by atoms with E-state index in [4.69, 9.17) is 4.74 Å². The van der Waals surface area contributed by atoms with Crippen LogP contribution in [0.25, 0.3) is 0 Å². The fourth-order valence-electron chi connectivity index (χ4n) is 1.83. The van der Waals surface area contributed by atoms with Crippen molar-refractivity contribution in [1.82, 2.24) is 9.97 Å².